The first-order valence-corrected chi connectivity index (χ1v) is 8.49. The van der Waals surface area contributed by atoms with E-state index in [4.69, 9.17) is 11.6 Å². The van der Waals surface area contributed by atoms with E-state index in [0.29, 0.717) is 0 Å². The van der Waals surface area contributed by atoms with Gasteiger partial charge >= 0.3 is 0 Å². The maximum Gasteiger partial charge on any atom is 0.0592 e. The number of benzene rings is 2. The highest BCUT2D eigenvalue weighted by Crippen LogP contribution is 2.43. The third kappa shape index (κ3) is 3.06. The van der Waals surface area contributed by atoms with Crippen LogP contribution in [0.2, 0.25) is 0 Å². The summed E-state index contributed by atoms with van der Waals surface area (Å²) in [6.07, 6.45) is 3.10. The van der Waals surface area contributed by atoms with E-state index in [9.17, 15) is 0 Å². The van der Waals surface area contributed by atoms with E-state index >= 15 is 0 Å². The van der Waals surface area contributed by atoms with E-state index in [1.54, 1.807) is 0 Å². The molecule has 1 aliphatic carbocycles. The molecule has 22 heavy (non-hydrogen) atoms. The van der Waals surface area contributed by atoms with Gasteiger partial charge in [0.05, 0.1) is 5.03 Å². The molecule has 2 aromatic rings. The maximum atomic E-state index is 6.64. The highest BCUT2D eigenvalue weighted by atomic mass is 79.9. The molecule has 2 heteroatoms. The zero-order valence-electron chi connectivity index (χ0n) is 12.7. The fourth-order valence-electron chi connectivity index (χ4n) is 2.69. The lowest BCUT2D eigenvalue weighted by molar-refractivity contribution is 1.26. The van der Waals surface area contributed by atoms with Crippen LogP contribution in [0.25, 0.3) is 11.1 Å². The van der Waals surface area contributed by atoms with Crippen molar-refractivity contribution in [3.05, 3.63) is 86.7 Å². The van der Waals surface area contributed by atoms with Crippen LogP contribution in [0.15, 0.2) is 58.0 Å². The first kappa shape index (κ1) is 15.6. The van der Waals surface area contributed by atoms with Gasteiger partial charge in [-0.1, -0.05) is 71.3 Å². The zero-order chi connectivity index (χ0) is 15.7. The molecule has 0 saturated carbocycles. The Kier molecular flexibility index (Phi) is 4.56. The third-order valence-corrected chi connectivity index (χ3v) is 5.43. The molecule has 0 nitrogen and oxygen atoms in total. The molecule has 1 radical (unpaired) electrons. The molecule has 1 aliphatic rings. The number of halogens is 2. The Bertz CT molecular complexity index is 767. The molecule has 0 aromatic heterocycles. The van der Waals surface area contributed by atoms with E-state index in [1.807, 2.05) is 0 Å². The lowest BCUT2D eigenvalue weighted by Gasteiger charge is -2.21. The van der Waals surface area contributed by atoms with Gasteiger partial charge in [0.15, 0.2) is 0 Å². The quantitative estimate of drug-likeness (QED) is 0.552. The fourth-order valence-corrected chi connectivity index (χ4v) is 3.59. The molecule has 0 aliphatic heterocycles. The predicted molar refractivity (Wildman–Crippen MR) is 99.9 cm³/mol. The van der Waals surface area contributed by atoms with Crippen LogP contribution in [0.5, 0.6) is 0 Å². The third-order valence-electron chi connectivity index (χ3n) is 3.93. The molecule has 0 N–H and O–H groups in total. The Balaban J connectivity index is 2.05. The van der Waals surface area contributed by atoms with Gasteiger partial charge < -0.3 is 0 Å². The second-order valence-electron chi connectivity index (χ2n) is 5.66. The van der Waals surface area contributed by atoms with Crippen molar-refractivity contribution < 1.29 is 0 Å². The van der Waals surface area contributed by atoms with Crippen molar-refractivity contribution in [2.24, 2.45) is 0 Å². The van der Waals surface area contributed by atoms with Gasteiger partial charge in [-0.25, -0.2) is 0 Å². The second-order valence-corrected chi connectivity index (χ2v) is 6.83. The van der Waals surface area contributed by atoms with Crippen LogP contribution in [0, 0.1) is 20.3 Å². The molecule has 0 unspecified atom stereocenters. The molecule has 111 valence electrons. The smallest absolute Gasteiger partial charge is 0.0592 e. The molecule has 2 aromatic carbocycles. The minimum Gasteiger partial charge on any atom is -0.0828 e. The summed E-state index contributed by atoms with van der Waals surface area (Å²) in [4.78, 5) is 0. The van der Waals surface area contributed by atoms with Crippen LogP contribution in [0.3, 0.4) is 0 Å². The summed E-state index contributed by atoms with van der Waals surface area (Å²) in [6.45, 7) is 4.20. The van der Waals surface area contributed by atoms with Crippen molar-refractivity contribution in [2.75, 3.05) is 0 Å². The minimum absolute atomic E-state index is 0.784. The van der Waals surface area contributed by atoms with Gasteiger partial charge in [0.25, 0.3) is 0 Å². The summed E-state index contributed by atoms with van der Waals surface area (Å²) < 4.78 is 0.998. The van der Waals surface area contributed by atoms with Crippen LogP contribution in [0.4, 0.5) is 0 Å². The monoisotopic (exact) mass is 371 g/mol. The van der Waals surface area contributed by atoms with Crippen LogP contribution in [-0.4, -0.2) is 0 Å². The van der Waals surface area contributed by atoms with E-state index < -0.39 is 0 Å². The summed E-state index contributed by atoms with van der Waals surface area (Å²) in [5, 5.41) is 0.784. The first-order valence-electron chi connectivity index (χ1n) is 7.32. The van der Waals surface area contributed by atoms with Crippen molar-refractivity contribution >= 4 is 38.7 Å². The van der Waals surface area contributed by atoms with Gasteiger partial charge in [0, 0.05) is 4.48 Å². The molecule has 0 fully saturated rings. The summed E-state index contributed by atoms with van der Waals surface area (Å²) in [6, 6.07) is 17.0. The SMILES string of the molecule is Cc1ccc(C2=C(Cl)C(Br)=C(c3cccc(C)c3)C[CH]2)cc1. The van der Waals surface area contributed by atoms with Crippen LogP contribution in [0.1, 0.15) is 28.7 Å². The Morgan fingerprint density at radius 1 is 0.909 bits per heavy atom. The molecule has 0 heterocycles. The van der Waals surface area contributed by atoms with Gasteiger partial charge in [-0.3, -0.25) is 0 Å². The van der Waals surface area contributed by atoms with E-state index in [0.717, 1.165) is 27.1 Å². The largest absolute Gasteiger partial charge is 0.0828 e. The Morgan fingerprint density at radius 2 is 1.64 bits per heavy atom. The topological polar surface area (TPSA) is 0 Å². The number of allylic oxidation sites excluding steroid dienone is 4. The molecule has 0 atom stereocenters. The molecule has 0 amide bonds. The van der Waals surface area contributed by atoms with Gasteiger partial charge in [-0.2, -0.15) is 0 Å². The Hall–Kier alpha value is -1.31. The standard InChI is InChI=1S/C20H17BrCl/c1-13-6-8-15(9-7-13)18-11-10-17(19(21)20(18)22)16-5-3-4-14(2)12-16/h3-9,11-12H,10H2,1-2H3. The van der Waals surface area contributed by atoms with Crippen LogP contribution in [-0.2, 0) is 0 Å². The zero-order valence-corrected chi connectivity index (χ0v) is 15.0. The average molecular weight is 373 g/mol. The second kappa shape index (κ2) is 6.44. The molecular weight excluding hydrogens is 356 g/mol. The molecule has 3 rings (SSSR count). The maximum absolute atomic E-state index is 6.64. The Labute approximate surface area is 145 Å². The Morgan fingerprint density at radius 3 is 2.32 bits per heavy atom. The molecule has 0 saturated heterocycles. The van der Waals surface area contributed by atoms with Crippen LogP contribution >= 0.6 is 27.5 Å². The normalized spacial score (nSPS) is 15.5. The fraction of sp³-hybridized carbons (Fsp3) is 0.150. The number of hydrogen-bond donors (Lipinski definition) is 0. The van der Waals surface area contributed by atoms with Crippen molar-refractivity contribution in [2.45, 2.75) is 20.3 Å². The average Bonchev–Trinajstić information content (AvgIpc) is 2.51. The van der Waals surface area contributed by atoms with Crippen molar-refractivity contribution in [3.8, 4) is 0 Å². The van der Waals surface area contributed by atoms with Gasteiger partial charge in [0.1, 0.15) is 0 Å². The lowest BCUT2D eigenvalue weighted by atomic mass is 9.89. The minimum atomic E-state index is 0.784. The summed E-state index contributed by atoms with van der Waals surface area (Å²) in [7, 11) is 0. The van der Waals surface area contributed by atoms with Gasteiger partial charge in [0.2, 0.25) is 0 Å². The van der Waals surface area contributed by atoms with E-state index in [-0.39, 0.29) is 0 Å². The summed E-state index contributed by atoms with van der Waals surface area (Å²) >= 11 is 10.3. The molecular formula is C20H17BrCl. The number of aryl methyl sites for hydroxylation is 2. The van der Waals surface area contributed by atoms with Crippen LogP contribution < -0.4 is 0 Å². The number of hydrogen-bond acceptors (Lipinski definition) is 0. The molecule has 0 spiro atoms. The first-order chi connectivity index (χ1) is 10.6. The number of rotatable bonds is 2. The van der Waals surface area contributed by atoms with E-state index in [1.165, 1.54) is 22.3 Å². The van der Waals surface area contributed by atoms with Crippen molar-refractivity contribution in [1.82, 2.24) is 0 Å². The van der Waals surface area contributed by atoms with Gasteiger partial charge in [-0.15, -0.1) is 0 Å². The lowest BCUT2D eigenvalue weighted by Crippen LogP contribution is -2.00. The molecule has 0 bridgehead atoms. The highest BCUT2D eigenvalue weighted by Gasteiger charge is 2.21. The highest BCUT2D eigenvalue weighted by molar-refractivity contribution is 9.12. The predicted octanol–water partition coefficient (Wildman–Crippen LogP) is 6.67. The summed E-state index contributed by atoms with van der Waals surface area (Å²) in [5.41, 5.74) is 7.25. The van der Waals surface area contributed by atoms with E-state index in [2.05, 4.69) is 84.7 Å². The van der Waals surface area contributed by atoms with Crippen molar-refractivity contribution in [1.29, 1.82) is 0 Å². The summed E-state index contributed by atoms with van der Waals surface area (Å²) in [5.74, 6) is 0. The van der Waals surface area contributed by atoms with Crippen molar-refractivity contribution in [3.63, 3.8) is 0 Å². The van der Waals surface area contributed by atoms with Gasteiger partial charge in [-0.05, 0) is 64.9 Å².